The minimum absolute atomic E-state index is 0.0306. The Balaban J connectivity index is 1.81. The van der Waals surface area contributed by atoms with Gasteiger partial charge in [-0.05, 0) is 28.9 Å². The lowest BCUT2D eigenvalue weighted by Gasteiger charge is -2.18. The summed E-state index contributed by atoms with van der Waals surface area (Å²) in [5.74, 6) is -1.41. The van der Waals surface area contributed by atoms with Gasteiger partial charge in [-0.1, -0.05) is 29.8 Å². The van der Waals surface area contributed by atoms with Crippen molar-refractivity contribution >= 4 is 11.6 Å². The van der Waals surface area contributed by atoms with E-state index in [1.165, 1.54) is 6.07 Å². The third-order valence-electron chi connectivity index (χ3n) is 3.69. The normalized spacial score (nSPS) is 12.0. The van der Waals surface area contributed by atoms with E-state index < -0.39 is 22.8 Å². The Kier molecular flexibility index (Phi) is 6.12. The number of nitrogens with zero attached hydrogens (tertiary/aromatic N) is 4. The van der Waals surface area contributed by atoms with E-state index in [0.29, 0.717) is 9.87 Å². The van der Waals surface area contributed by atoms with Gasteiger partial charge >= 0.3 is 0 Å². The second-order valence-corrected chi connectivity index (χ2v) is 6.10. The van der Waals surface area contributed by atoms with Gasteiger partial charge < -0.3 is 4.74 Å². The lowest BCUT2D eigenvalue weighted by atomic mass is 10.1. The van der Waals surface area contributed by atoms with Crippen LogP contribution >= 0.6 is 11.6 Å². The molecule has 0 saturated carbocycles. The Morgan fingerprint density at radius 2 is 2.07 bits per heavy atom. The molecule has 0 fully saturated rings. The van der Waals surface area contributed by atoms with Crippen LogP contribution in [0.25, 0.3) is 0 Å². The third-order valence-corrected chi connectivity index (χ3v) is 3.92. The molecule has 1 heterocycles. The number of hydrogen-bond donors (Lipinski definition) is 0. The van der Waals surface area contributed by atoms with Crippen LogP contribution in [0.1, 0.15) is 23.1 Å². The van der Waals surface area contributed by atoms with Crippen LogP contribution in [-0.2, 0) is 17.8 Å². The molecule has 0 bridgehead atoms. The number of aromatic nitrogens is 3. The van der Waals surface area contributed by atoms with Crippen LogP contribution in [0.2, 0.25) is 5.02 Å². The first-order valence-electron chi connectivity index (χ1n) is 7.95. The van der Waals surface area contributed by atoms with E-state index in [9.17, 15) is 18.9 Å². The maximum atomic E-state index is 14.3. The molecule has 8 nitrogen and oxygen atoms in total. The zero-order chi connectivity index (χ0) is 20.1. The molecule has 1 aromatic heterocycles. The minimum atomic E-state index is -1.05. The summed E-state index contributed by atoms with van der Waals surface area (Å²) in [5.41, 5.74) is 0.838. The maximum Gasteiger partial charge on any atom is 0.241 e. The fourth-order valence-corrected chi connectivity index (χ4v) is 2.71. The molecule has 0 spiro atoms. The summed E-state index contributed by atoms with van der Waals surface area (Å²) < 4.78 is 33.3. The summed E-state index contributed by atoms with van der Waals surface area (Å²) in [6.45, 7) is 0.0914. The third kappa shape index (κ3) is 5.21. The first-order valence-corrected chi connectivity index (χ1v) is 8.33. The lowest BCUT2D eigenvalue weighted by Crippen LogP contribution is -2.18. The van der Waals surface area contributed by atoms with Gasteiger partial charge in [0.2, 0.25) is 6.33 Å². The van der Waals surface area contributed by atoms with E-state index in [4.69, 9.17) is 16.3 Å². The Morgan fingerprint density at radius 3 is 2.79 bits per heavy atom. The van der Waals surface area contributed by atoms with Crippen molar-refractivity contribution in [3.63, 3.8) is 0 Å². The molecule has 11 heteroatoms. The Hall–Kier alpha value is -3.11. The molecular weight excluding hydrogens is 398 g/mol. The fourth-order valence-electron chi connectivity index (χ4n) is 2.49. The van der Waals surface area contributed by atoms with Crippen LogP contribution < -0.4 is 4.94 Å². The molecule has 3 rings (SSSR count). The number of benzene rings is 2. The van der Waals surface area contributed by atoms with Crippen LogP contribution in [0.15, 0.2) is 48.8 Å². The van der Waals surface area contributed by atoms with Gasteiger partial charge in [0.05, 0.1) is 12.7 Å². The van der Waals surface area contributed by atoms with Gasteiger partial charge in [0, 0.05) is 27.9 Å². The van der Waals surface area contributed by atoms with Gasteiger partial charge in [0.25, 0.3) is 0 Å². The van der Waals surface area contributed by atoms with E-state index in [2.05, 4.69) is 15.0 Å². The van der Waals surface area contributed by atoms with Crippen LogP contribution in [-0.4, -0.2) is 20.0 Å². The summed E-state index contributed by atoms with van der Waals surface area (Å²) in [6, 6.07) is 10.0. The highest BCUT2D eigenvalue weighted by Gasteiger charge is 2.21. The molecule has 2 aromatic carbocycles. The highest BCUT2D eigenvalue weighted by molar-refractivity contribution is 6.30. The lowest BCUT2D eigenvalue weighted by molar-refractivity contribution is -0.752. The predicted octanol–water partition coefficient (Wildman–Crippen LogP) is 3.33. The van der Waals surface area contributed by atoms with Crippen molar-refractivity contribution in [1.82, 2.24) is 14.9 Å². The van der Waals surface area contributed by atoms with Crippen molar-refractivity contribution in [3.8, 4) is 0 Å². The first-order chi connectivity index (χ1) is 13.4. The summed E-state index contributed by atoms with van der Waals surface area (Å²) in [5, 5.41) is 13.6. The van der Waals surface area contributed by atoms with E-state index in [1.54, 1.807) is 24.3 Å². The first kappa shape index (κ1) is 19.6. The number of halogens is 3. The molecule has 0 aliphatic rings. The minimum Gasteiger partial charge on any atom is -0.368 e. The maximum absolute atomic E-state index is 14.3. The Bertz CT molecular complexity index is 985. The number of hydrogen-bond acceptors (Lipinski definition) is 6. The van der Waals surface area contributed by atoms with Crippen LogP contribution in [0.4, 0.5) is 8.78 Å². The van der Waals surface area contributed by atoms with E-state index in [0.717, 1.165) is 24.0 Å². The largest absolute Gasteiger partial charge is 0.368 e. The van der Waals surface area contributed by atoms with Gasteiger partial charge in [0.1, 0.15) is 11.6 Å². The molecule has 146 valence electrons. The van der Waals surface area contributed by atoms with Gasteiger partial charge in [-0.25, -0.2) is 18.9 Å². The highest BCUT2D eigenvalue weighted by atomic mass is 35.5. The zero-order valence-electron chi connectivity index (χ0n) is 14.2. The second-order valence-electron chi connectivity index (χ2n) is 5.67. The van der Waals surface area contributed by atoms with Gasteiger partial charge in [-0.3, -0.25) is 0 Å². The summed E-state index contributed by atoms with van der Waals surface area (Å²) in [7, 11) is 0. The van der Waals surface area contributed by atoms with Gasteiger partial charge in [-0.15, -0.1) is 0 Å². The van der Waals surface area contributed by atoms with E-state index >= 15 is 0 Å². The zero-order valence-corrected chi connectivity index (χ0v) is 14.9. The Labute approximate surface area is 162 Å². The van der Waals surface area contributed by atoms with Crippen molar-refractivity contribution in [3.05, 3.63) is 92.5 Å². The molecule has 1 unspecified atom stereocenters. The summed E-state index contributed by atoms with van der Waals surface area (Å²) >= 11 is 5.94. The summed E-state index contributed by atoms with van der Waals surface area (Å²) in [6.07, 6.45) is 0.0794. The second kappa shape index (κ2) is 8.72. The van der Waals surface area contributed by atoms with Crippen molar-refractivity contribution in [2.24, 2.45) is 0 Å². The van der Waals surface area contributed by atoms with E-state index in [-0.39, 0.29) is 24.4 Å². The average molecular weight is 411 g/mol. The smallest absolute Gasteiger partial charge is 0.241 e. The topological polar surface area (TPSA) is 92.3 Å². The van der Waals surface area contributed by atoms with Crippen LogP contribution in [0, 0.1) is 21.7 Å². The number of rotatable bonds is 8. The SMILES string of the molecule is O=[N+]([O-])On1cnc(CC(OCc2cccc(Cl)c2)c2ccc(F)cc2F)n1. The molecule has 0 aliphatic carbocycles. The molecule has 0 aliphatic heterocycles. The molecule has 1 atom stereocenters. The van der Waals surface area contributed by atoms with Gasteiger partial charge in [-0.2, -0.15) is 9.92 Å². The number of ether oxygens (including phenoxy) is 1. The summed E-state index contributed by atoms with van der Waals surface area (Å²) in [4.78, 5) is 18.9. The average Bonchev–Trinajstić information content (AvgIpc) is 3.05. The van der Waals surface area contributed by atoms with E-state index in [1.807, 2.05) is 0 Å². The molecule has 0 radical (unpaired) electrons. The monoisotopic (exact) mass is 410 g/mol. The van der Waals surface area contributed by atoms with Crippen molar-refractivity contribution < 1.29 is 23.5 Å². The van der Waals surface area contributed by atoms with Crippen molar-refractivity contribution in [2.75, 3.05) is 0 Å². The van der Waals surface area contributed by atoms with Gasteiger partial charge in [0.15, 0.2) is 10.9 Å². The molecule has 0 amide bonds. The van der Waals surface area contributed by atoms with Crippen molar-refractivity contribution in [1.29, 1.82) is 0 Å². The predicted molar refractivity (Wildman–Crippen MR) is 92.6 cm³/mol. The fraction of sp³-hybridized carbons (Fsp3) is 0.176. The Morgan fingerprint density at radius 1 is 1.25 bits per heavy atom. The highest BCUT2D eigenvalue weighted by Crippen LogP contribution is 2.26. The molecule has 0 saturated heterocycles. The van der Waals surface area contributed by atoms with Crippen LogP contribution in [0.3, 0.4) is 0 Å². The van der Waals surface area contributed by atoms with Crippen LogP contribution in [0.5, 0.6) is 0 Å². The quantitative estimate of drug-likeness (QED) is 0.418. The molecule has 3 aromatic rings. The molecule has 0 N–H and O–H groups in total. The molecule has 28 heavy (non-hydrogen) atoms. The van der Waals surface area contributed by atoms with Crippen molar-refractivity contribution in [2.45, 2.75) is 19.1 Å². The standard InChI is InChI=1S/C17H13ClF2N4O4/c18-12-3-1-2-11(6-12)9-27-16(14-5-4-13(19)7-15(14)20)8-17-21-10-23(22-17)28-24(25)26/h1-7,10,16H,8-9H2. The molecular formula is C17H13ClF2N4O4.